The number of carbonyl (C=O) groups is 2. The van der Waals surface area contributed by atoms with Crippen molar-refractivity contribution in [2.45, 2.75) is 63.6 Å². The second kappa shape index (κ2) is 12.2. The fourth-order valence-corrected chi connectivity index (χ4v) is 4.88. The number of nitrogens with one attached hydrogen (secondary N) is 1. The van der Waals surface area contributed by atoms with E-state index in [1.165, 1.54) is 0 Å². The summed E-state index contributed by atoms with van der Waals surface area (Å²) in [7, 11) is 0. The molecule has 1 aromatic heterocycles. The van der Waals surface area contributed by atoms with Crippen LogP contribution in [0, 0.1) is 0 Å². The molecule has 3 aromatic rings. The van der Waals surface area contributed by atoms with Crippen molar-refractivity contribution in [2.75, 3.05) is 18.4 Å². The summed E-state index contributed by atoms with van der Waals surface area (Å²) in [5, 5.41) is 2.98. The Kier molecular flexibility index (Phi) is 8.84. The maximum absolute atomic E-state index is 13.9. The Hall–Kier alpha value is -4.15. The van der Waals surface area contributed by atoms with Crippen LogP contribution in [0.5, 0.6) is 0 Å². The van der Waals surface area contributed by atoms with Gasteiger partial charge in [0.05, 0.1) is 11.3 Å². The number of primary amides is 1. The van der Waals surface area contributed by atoms with E-state index in [9.17, 15) is 22.8 Å². The van der Waals surface area contributed by atoms with E-state index in [2.05, 4.69) is 15.3 Å². The molecule has 218 valence electrons. The third-order valence-electron chi connectivity index (χ3n) is 6.76. The van der Waals surface area contributed by atoms with Gasteiger partial charge in [0.1, 0.15) is 5.60 Å². The molecule has 41 heavy (non-hydrogen) atoms. The van der Waals surface area contributed by atoms with Gasteiger partial charge in [-0.05, 0) is 56.9 Å². The van der Waals surface area contributed by atoms with Gasteiger partial charge in [0.2, 0.25) is 11.9 Å². The third-order valence-corrected chi connectivity index (χ3v) is 6.76. The molecule has 1 aliphatic heterocycles. The first kappa shape index (κ1) is 29.8. The predicted octanol–water partition coefficient (Wildman–Crippen LogP) is 6.17. The van der Waals surface area contributed by atoms with E-state index in [0.29, 0.717) is 18.8 Å². The first-order chi connectivity index (χ1) is 19.3. The number of rotatable bonds is 8. The van der Waals surface area contributed by atoms with Gasteiger partial charge in [0, 0.05) is 43.2 Å². The number of hydrogen-bond donors (Lipinski definition) is 2. The molecule has 1 fully saturated rings. The lowest BCUT2D eigenvalue weighted by atomic mass is 9.90. The van der Waals surface area contributed by atoms with Gasteiger partial charge in [0.15, 0.2) is 0 Å². The van der Waals surface area contributed by atoms with Crippen molar-refractivity contribution in [3.05, 3.63) is 83.2 Å². The maximum atomic E-state index is 13.9. The summed E-state index contributed by atoms with van der Waals surface area (Å²) in [5.74, 6) is -1.51. The number of nitrogens with two attached hydrogens (primary N) is 1. The van der Waals surface area contributed by atoms with Crippen LogP contribution < -0.4 is 11.1 Å². The van der Waals surface area contributed by atoms with Crippen LogP contribution >= 0.6 is 0 Å². The Morgan fingerprint density at radius 1 is 1.10 bits per heavy atom. The average molecular weight is 570 g/mol. The summed E-state index contributed by atoms with van der Waals surface area (Å²) in [5.41, 5.74) is 5.92. The van der Waals surface area contributed by atoms with Gasteiger partial charge in [-0.15, -0.1) is 0 Å². The van der Waals surface area contributed by atoms with Crippen molar-refractivity contribution >= 4 is 23.6 Å². The molecule has 0 spiro atoms. The van der Waals surface area contributed by atoms with Gasteiger partial charge in [-0.2, -0.15) is 13.2 Å². The molecule has 2 heterocycles. The number of benzene rings is 2. The van der Waals surface area contributed by atoms with E-state index < -0.39 is 29.2 Å². The molecule has 2 aromatic carbocycles. The Balaban J connectivity index is 1.52. The zero-order chi connectivity index (χ0) is 29.8. The van der Waals surface area contributed by atoms with E-state index >= 15 is 0 Å². The number of amides is 2. The van der Waals surface area contributed by atoms with Gasteiger partial charge in [-0.1, -0.05) is 42.5 Å². The number of ether oxygens (including phenoxy) is 1. The number of aromatic nitrogens is 2. The van der Waals surface area contributed by atoms with Crippen molar-refractivity contribution in [1.82, 2.24) is 14.9 Å². The molecule has 0 saturated carbocycles. The fraction of sp³-hybridized carbons (Fsp3) is 0.400. The summed E-state index contributed by atoms with van der Waals surface area (Å²) in [6.45, 7) is 6.62. The molecule has 8 nitrogen and oxygen atoms in total. The number of anilines is 2. The molecule has 2 atom stereocenters. The Morgan fingerprint density at radius 3 is 2.39 bits per heavy atom. The number of nitrogens with zero attached hydrogens (tertiary/aromatic N) is 3. The van der Waals surface area contributed by atoms with Crippen LogP contribution in [-0.4, -0.2) is 45.6 Å². The first-order valence-corrected chi connectivity index (χ1v) is 13.4. The van der Waals surface area contributed by atoms with E-state index in [-0.39, 0.29) is 36.5 Å². The first-order valence-electron chi connectivity index (χ1n) is 13.4. The zero-order valence-corrected chi connectivity index (χ0v) is 23.2. The monoisotopic (exact) mass is 569 g/mol. The Morgan fingerprint density at radius 2 is 1.78 bits per heavy atom. The molecule has 1 saturated heterocycles. The molecule has 0 bridgehead atoms. The Bertz CT molecular complexity index is 1360. The lowest BCUT2D eigenvalue weighted by Crippen LogP contribution is -2.35. The molecule has 1 aliphatic rings. The van der Waals surface area contributed by atoms with Crippen LogP contribution in [-0.2, 0) is 22.1 Å². The molecule has 2 unspecified atom stereocenters. The molecule has 11 heteroatoms. The molecule has 0 radical (unpaired) electrons. The van der Waals surface area contributed by atoms with Crippen LogP contribution in [0.4, 0.5) is 29.6 Å². The molecular formula is C30H34F3N5O3. The van der Waals surface area contributed by atoms with Gasteiger partial charge in [-0.25, -0.2) is 14.8 Å². The van der Waals surface area contributed by atoms with Crippen molar-refractivity contribution < 1.29 is 27.5 Å². The van der Waals surface area contributed by atoms with Crippen LogP contribution in [0.1, 0.15) is 67.8 Å². The smallest absolute Gasteiger partial charge is 0.419 e. The van der Waals surface area contributed by atoms with Crippen LogP contribution in [0.2, 0.25) is 0 Å². The molecule has 4 rings (SSSR count). The molecule has 2 amide bonds. The van der Waals surface area contributed by atoms with Crippen molar-refractivity contribution in [1.29, 1.82) is 0 Å². The van der Waals surface area contributed by atoms with E-state index in [1.54, 1.807) is 47.4 Å². The quantitative estimate of drug-likeness (QED) is 0.336. The summed E-state index contributed by atoms with van der Waals surface area (Å²) >= 11 is 0. The third kappa shape index (κ3) is 8.18. The van der Waals surface area contributed by atoms with Crippen LogP contribution in [0.3, 0.4) is 0 Å². The van der Waals surface area contributed by atoms with Crippen molar-refractivity contribution in [3.63, 3.8) is 0 Å². The lowest BCUT2D eigenvalue weighted by Gasteiger charge is -2.24. The minimum atomic E-state index is -4.71. The lowest BCUT2D eigenvalue weighted by molar-refractivity contribution is -0.139. The average Bonchev–Trinajstić information content (AvgIpc) is 3.38. The molecule has 3 N–H and O–H groups in total. The van der Waals surface area contributed by atoms with Gasteiger partial charge < -0.3 is 20.7 Å². The summed E-state index contributed by atoms with van der Waals surface area (Å²) < 4.78 is 47.3. The SMILES string of the molecule is CC(C)(C)OC(=O)N1CCC(c2ccc(Nc3ncc(C(F)(F)F)c(C(CC(N)=O)Cc4ccccc4)n3)cc2)C1. The van der Waals surface area contributed by atoms with Crippen molar-refractivity contribution in [2.24, 2.45) is 5.73 Å². The largest absolute Gasteiger partial charge is 0.444 e. The number of carbonyl (C=O) groups excluding carboxylic acids is 2. The van der Waals surface area contributed by atoms with E-state index in [0.717, 1.165) is 23.7 Å². The number of halogens is 3. The highest BCUT2D eigenvalue weighted by atomic mass is 19.4. The van der Waals surface area contributed by atoms with Gasteiger partial charge in [0.25, 0.3) is 0 Å². The number of hydrogen-bond acceptors (Lipinski definition) is 6. The number of alkyl halides is 3. The second-order valence-corrected chi connectivity index (χ2v) is 11.2. The fourth-order valence-electron chi connectivity index (χ4n) is 4.88. The maximum Gasteiger partial charge on any atom is 0.419 e. The minimum Gasteiger partial charge on any atom is -0.444 e. The normalized spacial score (nSPS) is 16.3. The zero-order valence-electron chi connectivity index (χ0n) is 23.2. The standard InChI is InChI=1S/C30H34F3N5O3/c1-29(2,3)41-28(40)38-14-13-21(18-38)20-9-11-23(12-10-20)36-27-35-17-24(30(31,32)33)26(37-27)22(16-25(34)39)15-19-7-5-4-6-8-19/h4-12,17,21-22H,13-16,18H2,1-3H3,(H2,34,39)(H,35,36,37). The number of likely N-dealkylation sites (tertiary alicyclic amines) is 1. The van der Waals surface area contributed by atoms with Gasteiger partial charge in [-0.3, -0.25) is 4.79 Å². The molecular weight excluding hydrogens is 535 g/mol. The second-order valence-electron chi connectivity index (χ2n) is 11.2. The minimum absolute atomic E-state index is 0.0275. The van der Waals surface area contributed by atoms with Crippen LogP contribution in [0.15, 0.2) is 60.8 Å². The predicted molar refractivity (Wildman–Crippen MR) is 149 cm³/mol. The van der Waals surface area contributed by atoms with E-state index in [4.69, 9.17) is 10.5 Å². The summed E-state index contributed by atoms with van der Waals surface area (Å²) in [4.78, 5) is 34.1. The Labute approximate surface area is 237 Å². The van der Waals surface area contributed by atoms with Crippen LogP contribution in [0.25, 0.3) is 0 Å². The highest BCUT2D eigenvalue weighted by Gasteiger charge is 2.38. The molecule has 0 aliphatic carbocycles. The highest BCUT2D eigenvalue weighted by Crippen LogP contribution is 2.37. The van der Waals surface area contributed by atoms with Crippen molar-refractivity contribution in [3.8, 4) is 0 Å². The topological polar surface area (TPSA) is 110 Å². The highest BCUT2D eigenvalue weighted by molar-refractivity contribution is 5.75. The summed E-state index contributed by atoms with van der Waals surface area (Å²) in [6, 6.07) is 16.3. The van der Waals surface area contributed by atoms with E-state index in [1.807, 2.05) is 32.9 Å². The summed E-state index contributed by atoms with van der Waals surface area (Å²) in [6.07, 6.45) is -3.67. The van der Waals surface area contributed by atoms with Gasteiger partial charge >= 0.3 is 12.3 Å².